The Labute approximate surface area is 162 Å². The number of nitrogens with two attached hydrogens (primary N) is 2. The predicted molar refractivity (Wildman–Crippen MR) is 102 cm³/mol. The number of hydrogen-bond donors (Lipinski definition) is 6. The van der Waals surface area contributed by atoms with Crippen molar-refractivity contribution >= 4 is 5.97 Å². The summed E-state index contributed by atoms with van der Waals surface area (Å²) in [6, 6.07) is 7.99. The van der Waals surface area contributed by atoms with E-state index in [2.05, 4.69) is 21.7 Å². The number of carbonyl (C=O) groups is 1. The summed E-state index contributed by atoms with van der Waals surface area (Å²) in [5.74, 6) is 4.06. The van der Waals surface area contributed by atoms with Gasteiger partial charge < -0.3 is 26.1 Å². The quantitative estimate of drug-likeness (QED) is 0.179. The van der Waals surface area contributed by atoms with Crippen LogP contribution in [0.2, 0.25) is 0 Å². The van der Waals surface area contributed by atoms with E-state index in [-0.39, 0.29) is 24.3 Å². The monoisotopic (exact) mass is 387 g/mol. The molecule has 0 spiro atoms. The lowest BCUT2D eigenvalue weighted by Crippen LogP contribution is -2.32. The lowest BCUT2D eigenvalue weighted by molar-refractivity contribution is -0.133. The van der Waals surface area contributed by atoms with Crippen molar-refractivity contribution in [2.24, 2.45) is 11.6 Å². The van der Waals surface area contributed by atoms with Crippen LogP contribution in [0.4, 0.5) is 0 Å². The zero-order valence-electron chi connectivity index (χ0n) is 15.4. The number of hydrazine groups is 1. The van der Waals surface area contributed by atoms with Crippen LogP contribution in [0, 0.1) is 0 Å². The van der Waals surface area contributed by atoms with Gasteiger partial charge in [-0.25, -0.2) is 4.79 Å². The van der Waals surface area contributed by atoms with Crippen LogP contribution >= 0.6 is 0 Å². The van der Waals surface area contributed by atoms with E-state index in [1.807, 2.05) is 18.2 Å². The molecule has 28 heavy (non-hydrogen) atoms. The minimum absolute atomic E-state index is 0.0496. The highest BCUT2D eigenvalue weighted by Gasteiger charge is 2.25. The Balaban J connectivity index is 1.66. The normalized spacial score (nSPS) is 20.4. The molecule has 0 atom stereocenters. The highest BCUT2D eigenvalue weighted by molar-refractivity contribution is 5.86. The minimum Gasteiger partial charge on any atom is -0.476 e. The minimum atomic E-state index is -1.26. The second kappa shape index (κ2) is 8.77. The van der Waals surface area contributed by atoms with E-state index in [9.17, 15) is 9.90 Å². The highest BCUT2D eigenvalue weighted by atomic mass is 16.5. The topological polar surface area (TPSA) is 160 Å². The van der Waals surface area contributed by atoms with Crippen LogP contribution in [0.25, 0.3) is 11.3 Å². The Bertz CT molecular complexity index is 842. The number of nitrogens with one attached hydrogen (secondary N) is 2. The number of aliphatic hydroxyl groups is 1. The molecule has 0 bridgehead atoms. The van der Waals surface area contributed by atoms with E-state index < -0.39 is 5.97 Å². The number of aromatic nitrogens is 2. The first-order valence-corrected chi connectivity index (χ1v) is 9.13. The van der Waals surface area contributed by atoms with Crippen molar-refractivity contribution in [1.29, 1.82) is 0 Å². The first-order valence-electron chi connectivity index (χ1n) is 9.13. The van der Waals surface area contributed by atoms with Crippen LogP contribution in [0.5, 0.6) is 0 Å². The number of carboxylic acid groups (broad SMARTS) is 1. The molecule has 1 heterocycles. The van der Waals surface area contributed by atoms with Crippen molar-refractivity contribution in [3.05, 3.63) is 53.2 Å². The molecule has 3 rings (SSSR count). The van der Waals surface area contributed by atoms with Crippen molar-refractivity contribution in [2.75, 3.05) is 0 Å². The molecule has 1 fully saturated rings. The van der Waals surface area contributed by atoms with Crippen LogP contribution < -0.4 is 17.0 Å². The number of ether oxygens (including phenoxy) is 1. The third kappa shape index (κ3) is 4.26. The molecule has 0 aliphatic heterocycles. The molecule has 0 saturated heterocycles. The van der Waals surface area contributed by atoms with Gasteiger partial charge in [0, 0.05) is 11.8 Å². The van der Waals surface area contributed by atoms with Gasteiger partial charge in [-0.2, -0.15) is 5.10 Å². The standard InChI is InChI=1S/C19H25N5O4/c20-18(17(23-21)19(26)27)28-14-4-1-11(2-5-14)12-3-6-15(13(9-12)10-25)16-7-8-22-24-16/h3,6-9,11,14,23,25H,1-2,4-5,10,20-21H2,(H,22,24)(H,26,27)/b18-17+. The number of rotatable bonds is 7. The maximum absolute atomic E-state index is 11.0. The molecule has 150 valence electrons. The van der Waals surface area contributed by atoms with Gasteiger partial charge in [-0.05, 0) is 48.8 Å². The van der Waals surface area contributed by atoms with Gasteiger partial charge in [-0.3, -0.25) is 10.9 Å². The Kier molecular flexibility index (Phi) is 6.17. The Morgan fingerprint density at radius 2 is 2.04 bits per heavy atom. The van der Waals surface area contributed by atoms with Gasteiger partial charge in [0.1, 0.15) is 6.10 Å². The second-order valence-corrected chi connectivity index (χ2v) is 6.83. The summed E-state index contributed by atoms with van der Waals surface area (Å²) >= 11 is 0. The number of aliphatic carboxylic acids is 1. The number of H-pyrrole nitrogens is 1. The van der Waals surface area contributed by atoms with Crippen LogP contribution in [-0.4, -0.2) is 32.5 Å². The summed E-state index contributed by atoms with van der Waals surface area (Å²) in [4.78, 5) is 11.0. The Morgan fingerprint density at radius 1 is 1.29 bits per heavy atom. The Hall–Kier alpha value is -3.04. The van der Waals surface area contributed by atoms with Crippen LogP contribution in [0.15, 0.2) is 42.0 Å². The van der Waals surface area contributed by atoms with Gasteiger partial charge in [0.05, 0.1) is 12.3 Å². The smallest absolute Gasteiger partial charge is 0.358 e. The van der Waals surface area contributed by atoms with Gasteiger partial charge in [0.2, 0.25) is 5.88 Å². The van der Waals surface area contributed by atoms with Crippen LogP contribution in [0.1, 0.15) is 42.7 Å². The van der Waals surface area contributed by atoms with E-state index >= 15 is 0 Å². The largest absolute Gasteiger partial charge is 0.476 e. The van der Waals surface area contributed by atoms with E-state index in [0.717, 1.165) is 42.5 Å². The number of aromatic amines is 1. The number of aliphatic hydroxyl groups excluding tert-OH is 1. The summed E-state index contributed by atoms with van der Waals surface area (Å²) < 4.78 is 5.59. The van der Waals surface area contributed by atoms with Crippen molar-refractivity contribution in [1.82, 2.24) is 15.6 Å². The molecular formula is C19H25N5O4. The second-order valence-electron chi connectivity index (χ2n) is 6.83. The maximum Gasteiger partial charge on any atom is 0.358 e. The number of benzene rings is 1. The van der Waals surface area contributed by atoms with Gasteiger partial charge in [0.25, 0.3) is 0 Å². The maximum atomic E-state index is 11.0. The summed E-state index contributed by atoms with van der Waals surface area (Å²) in [6.45, 7) is -0.0496. The molecule has 0 radical (unpaired) electrons. The molecule has 8 N–H and O–H groups in total. The zero-order valence-corrected chi connectivity index (χ0v) is 15.4. The fraction of sp³-hybridized carbons (Fsp3) is 0.368. The molecule has 2 aromatic rings. The van der Waals surface area contributed by atoms with Crippen molar-refractivity contribution in [3.63, 3.8) is 0 Å². The average molecular weight is 387 g/mol. The fourth-order valence-corrected chi connectivity index (χ4v) is 3.66. The van der Waals surface area contributed by atoms with Gasteiger partial charge in [0.15, 0.2) is 5.70 Å². The highest BCUT2D eigenvalue weighted by Crippen LogP contribution is 2.36. The van der Waals surface area contributed by atoms with Gasteiger partial charge in [-0.15, -0.1) is 0 Å². The van der Waals surface area contributed by atoms with Gasteiger partial charge >= 0.3 is 5.97 Å². The lowest BCUT2D eigenvalue weighted by atomic mass is 9.81. The first-order chi connectivity index (χ1) is 13.5. The molecule has 1 aromatic carbocycles. The third-order valence-corrected chi connectivity index (χ3v) is 5.13. The van der Waals surface area contributed by atoms with Crippen LogP contribution in [0.3, 0.4) is 0 Å². The first kappa shape index (κ1) is 19.7. The number of hydrogen-bond acceptors (Lipinski definition) is 7. The average Bonchev–Trinajstić information content (AvgIpc) is 3.23. The molecule has 9 nitrogen and oxygen atoms in total. The fourth-order valence-electron chi connectivity index (χ4n) is 3.66. The molecule has 9 heteroatoms. The predicted octanol–water partition coefficient (Wildman–Crippen LogP) is 1.29. The summed E-state index contributed by atoms with van der Waals surface area (Å²) in [7, 11) is 0. The van der Waals surface area contributed by atoms with Crippen LogP contribution in [-0.2, 0) is 16.1 Å². The van der Waals surface area contributed by atoms with Gasteiger partial charge in [-0.1, -0.05) is 18.2 Å². The third-order valence-electron chi connectivity index (χ3n) is 5.13. The summed E-state index contributed by atoms with van der Waals surface area (Å²) in [5, 5.41) is 25.7. The van der Waals surface area contributed by atoms with Crippen molar-refractivity contribution < 1.29 is 19.7 Å². The van der Waals surface area contributed by atoms with E-state index in [0.29, 0.717) is 5.92 Å². The van der Waals surface area contributed by atoms with E-state index in [1.54, 1.807) is 6.20 Å². The molecule has 0 amide bonds. The zero-order chi connectivity index (χ0) is 20.1. The SMILES string of the molecule is NN/C(C(=O)O)=C(\N)OC1CCC(c2ccc(-c3ccn[nH]3)c(CO)c2)CC1. The molecule has 0 unspecified atom stereocenters. The summed E-state index contributed by atoms with van der Waals surface area (Å²) in [6.07, 6.45) is 4.79. The molecule has 1 saturated carbocycles. The molecular weight excluding hydrogens is 362 g/mol. The summed E-state index contributed by atoms with van der Waals surface area (Å²) in [5.41, 5.74) is 11.3. The number of carboxylic acids is 1. The molecule has 1 aliphatic carbocycles. The molecule has 1 aromatic heterocycles. The lowest BCUT2D eigenvalue weighted by Gasteiger charge is -2.30. The van der Waals surface area contributed by atoms with Crippen molar-refractivity contribution in [2.45, 2.75) is 44.3 Å². The molecule has 1 aliphatic rings. The Morgan fingerprint density at radius 3 is 2.61 bits per heavy atom. The van der Waals surface area contributed by atoms with E-state index in [1.165, 1.54) is 5.56 Å². The van der Waals surface area contributed by atoms with E-state index in [4.69, 9.17) is 21.4 Å². The number of nitrogens with zero attached hydrogens (tertiary/aromatic N) is 1. The van der Waals surface area contributed by atoms with Crippen molar-refractivity contribution in [3.8, 4) is 11.3 Å².